The summed E-state index contributed by atoms with van der Waals surface area (Å²) >= 11 is 0. The number of rotatable bonds is 8. The lowest BCUT2D eigenvalue weighted by Gasteiger charge is -2.23. The fourth-order valence-corrected chi connectivity index (χ4v) is 2.97. The van der Waals surface area contributed by atoms with Gasteiger partial charge in [0.05, 0.1) is 23.8 Å². The number of carbonyl (C=O) groups is 2. The first-order valence-electron chi connectivity index (χ1n) is 9.05. The number of hydrogen-bond acceptors (Lipinski definition) is 5. The first-order valence-corrected chi connectivity index (χ1v) is 9.05. The molecule has 2 atom stereocenters. The minimum Gasteiger partial charge on any atom is -0.465 e. The van der Waals surface area contributed by atoms with Gasteiger partial charge in [-0.05, 0) is 30.7 Å². The predicted molar refractivity (Wildman–Crippen MR) is 101 cm³/mol. The van der Waals surface area contributed by atoms with Crippen molar-refractivity contribution in [2.45, 2.75) is 19.0 Å². The Morgan fingerprint density at radius 2 is 1.84 bits per heavy atom. The second kappa shape index (κ2) is 10.0. The topological polar surface area (TPSA) is 98.5 Å². The number of nitrogens with zero attached hydrogens (tertiary/aromatic N) is 1. The number of nitro groups is 1. The number of carbonyl (C=O) groups excluding carboxylic acids is 2. The van der Waals surface area contributed by atoms with Gasteiger partial charge in [0.25, 0.3) is 0 Å². The highest BCUT2D eigenvalue weighted by molar-refractivity contribution is 6.05. The van der Waals surface area contributed by atoms with Crippen molar-refractivity contribution in [1.29, 1.82) is 0 Å². The van der Waals surface area contributed by atoms with Crippen LogP contribution in [0, 0.1) is 21.8 Å². The number of amides is 1. The van der Waals surface area contributed by atoms with Crippen LogP contribution in [0.4, 0.5) is 23.2 Å². The average Bonchev–Trinajstić information content (AvgIpc) is 2.68. The van der Waals surface area contributed by atoms with Gasteiger partial charge in [0.2, 0.25) is 12.5 Å². The van der Waals surface area contributed by atoms with Gasteiger partial charge in [-0.15, -0.1) is 0 Å². The van der Waals surface area contributed by atoms with Crippen molar-refractivity contribution >= 4 is 17.6 Å². The Morgan fingerprint density at radius 1 is 1.16 bits per heavy atom. The monoisotopic (exact) mass is 442 g/mol. The Hall–Kier alpha value is -3.50. The molecule has 2 aromatic carbocycles. The maximum atomic E-state index is 13.9. The van der Waals surface area contributed by atoms with Crippen LogP contribution in [0.5, 0.6) is 0 Å². The Balaban J connectivity index is 2.52. The lowest BCUT2D eigenvalue weighted by atomic mass is 9.84. The summed E-state index contributed by atoms with van der Waals surface area (Å²) in [5.41, 5.74) is -1.66. The number of nitrogens with one attached hydrogen (secondary N) is 1. The zero-order valence-corrected chi connectivity index (χ0v) is 16.2. The van der Waals surface area contributed by atoms with Crippen LogP contribution >= 0.6 is 0 Å². The van der Waals surface area contributed by atoms with Crippen molar-refractivity contribution in [2.24, 2.45) is 5.92 Å². The van der Waals surface area contributed by atoms with Crippen LogP contribution in [0.2, 0.25) is 0 Å². The molecule has 0 aromatic heterocycles. The van der Waals surface area contributed by atoms with Crippen molar-refractivity contribution in [1.82, 2.24) is 0 Å². The first-order chi connectivity index (χ1) is 14.5. The van der Waals surface area contributed by atoms with E-state index in [0.717, 1.165) is 24.3 Å². The van der Waals surface area contributed by atoms with E-state index in [1.165, 1.54) is 25.1 Å². The Labute approximate surface area is 174 Å². The molecule has 7 nitrogen and oxygen atoms in total. The Kier molecular flexibility index (Phi) is 7.67. The fraction of sp³-hybridized carbons (Fsp3) is 0.300. The van der Waals surface area contributed by atoms with E-state index in [2.05, 4.69) is 5.32 Å². The number of benzene rings is 2. The van der Waals surface area contributed by atoms with E-state index in [4.69, 9.17) is 4.74 Å². The fourth-order valence-electron chi connectivity index (χ4n) is 2.97. The summed E-state index contributed by atoms with van der Waals surface area (Å²) in [6, 6.07) is 8.54. The van der Waals surface area contributed by atoms with Gasteiger partial charge >= 0.3 is 12.1 Å². The van der Waals surface area contributed by atoms with Crippen molar-refractivity contribution < 1.29 is 36.8 Å². The molecule has 0 spiro atoms. The van der Waals surface area contributed by atoms with Crippen molar-refractivity contribution in [3.63, 3.8) is 0 Å². The quantitative estimate of drug-likeness (QED) is 0.219. The molecule has 11 heteroatoms. The average molecular weight is 442 g/mol. The zero-order valence-electron chi connectivity index (χ0n) is 16.2. The zero-order chi connectivity index (χ0) is 23.2. The van der Waals surface area contributed by atoms with Gasteiger partial charge in [-0.25, -0.2) is 4.39 Å². The SMILES string of the molecule is CCOC(=O)C(C(=O)Nc1ccccc1F)C(C[N+](=O)[O-])c1cccc(C(F)(F)F)c1. The molecule has 0 radical (unpaired) electrons. The Morgan fingerprint density at radius 3 is 2.42 bits per heavy atom. The van der Waals surface area contributed by atoms with E-state index in [1.54, 1.807) is 0 Å². The van der Waals surface area contributed by atoms with Gasteiger partial charge < -0.3 is 10.1 Å². The van der Waals surface area contributed by atoms with Gasteiger partial charge in [0.1, 0.15) is 11.7 Å². The summed E-state index contributed by atoms with van der Waals surface area (Å²) in [7, 11) is 0. The van der Waals surface area contributed by atoms with Crippen molar-refractivity contribution in [3.05, 3.63) is 75.6 Å². The van der Waals surface area contributed by atoms with Crippen molar-refractivity contribution in [3.8, 4) is 0 Å². The maximum Gasteiger partial charge on any atom is 0.416 e. The third kappa shape index (κ3) is 6.24. The van der Waals surface area contributed by atoms with Crippen LogP contribution in [-0.2, 0) is 20.5 Å². The molecule has 1 amide bonds. The van der Waals surface area contributed by atoms with Crippen LogP contribution < -0.4 is 5.32 Å². The van der Waals surface area contributed by atoms with Crippen LogP contribution in [-0.4, -0.2) is 30.0 Å². The molecular formula is C20H18F4N2O5. The molecule has 0 saturated carbocycles. The maximum absolute atomic E-state index is 13.9. The molecular weight excluding hydrogens is 424 g/mol. The number of ether oxygens (including phenoxy) is 1. The van der Waals surface area contributed by atoms with Crippen molar-refractivity contribution in [2.75, 3.05) is 18.5 Å². The van der Waals surface area contributed by atoms with Crippen LogP contribution in [0.1, 0.15) is 24.0 Å². The van der Waals surface area contributed by atoms with Gasteiger partial charge in [0.15, 0.2) is 0 Å². The van der Waals surface area contributed by atoms with Crippen LogP contribution in [0.3, 0.4) is 0 Å². The first kappa shape index (κ1) is 23.8. The third-order valence-electron chi connectivity index (χ3n) is 4.34. The number of hydrogen-bond donors (Lipinski definition) is 1. The van der Waals surface area contributed by atoms with E-state index >= 15 is 0 Å². The van der Waals surface area contributed by atoms with Crippen LogP contribution in [0.25, 0.3) is 0 Å². The highest BCUT2D eigenvalue weighted by Gasteiger charge is 2.41. The molecule has 0 aliphatic heterocycles. The molecule has 0 heterocycles. The number of halogens is 4. The number of alkyl halides is 3. The van der Waals surface area contributed by atoms with Gasteiger partial charge in [-0.3, -0.25) is 19.7 Å². The summed E-state index contributed by atoms with van der Waals surface area (Å²) < 4.78 is 58.1. The molecule has 2 aromatic rings. The molecule has 0 aliphatic rings. The van der Waals surface area contributed by atoms with Gasteiger partial charge in [-0.2, -0.15) is 13.2 Å². The predicted octanol–water partition coefficient (Wildman–Crippen LogP) is 4.02. The lowest BCUT2D eigenvalue weighted by molar-refractivity contribution is -0.484. The molecule has 2 rings (SSSR count). The smallest absolute Gasteiger partial charge is 0.416 e. The van der Waals surface area contributed by atoms with Gasteiger partial charge in [-0.1, -0.05) is 30.3 Å². The summed E-state index contributed by atoms with van der Waals surface area (Å²) in [5.74, 6) is -6.65. The third-order valence-corrected chi connectivity index (χ3v) is 4.34. The molecule has 2 unspecified atom stereocenters. The van der Waals surface area contributed by atoms with Crippen LogP contribution in [0.15, 0.2) is 48.5 Å². The molecule has 0 fully saturated rings. The summed E-state index contributed by atoms with van der Waals surface area (Å²) in [6.07, 6.45) is -4.75. The van der Waals surface area contributed by atoms with E-state index < -0.39 is 52.7 Å². The number of anilines is 1. The highest BCUT2D eigenvalue weighted by Crippen LogP contribution is 2.34. The minimum absolute atomic E-state index is 0.184. The molecule has 31 heavy (non-hydrogen) atoms. The number of esters is 1. The highest BCUT2D eigenvalue weighted by atomic mass is 19.4. The second-order valence-electron chi connectivity index (χ2n) is 6.44. The van der Waals surface area contributed by atoms with E-state index in [0.29, 0.717) is 6.07 Å². The Bertz CT molecular complexity index is 965. The van der Waals surface area contributed by atoms with E-state index in [-0.39, 0.29) is 17.9 Å². The molecule has 1 N–H and O–H groups in total. The molecule has 0 aliphatic carbocycles. The standard InChI is InChI=1S/C20H18F4N2O5/c1-2-31-19(28)17(18(27)25-16-9-4-3-8-15(16)21)14(11-26(29)30)12-6-5-7-13(10-12)20(22,23)24/h3-10,14,17H,2,11H2,1H3,(H,25,27). The largest absolute Gasteiger partial charge is 0.465 e. The van der Waals surface area contributed by atoms with Gasteiger partial charge in [0, 0.05) is 4.92 Å². The summed E-state index contributed by atoms with van der Waals surface area (Å²) in [5, 5.41) is 13.4. The van der Waals surface area contributed by atoms with E-state index in [1.807, 2.05) is 0 Å². The minimum atomic E-state index is -4.75. The molecule has 0 saturated heterocycles. The number of para-hydroxylation sites is 1. The second-order valence-corrected chi connectivity index (χ2v) is 6.44. The molecule has 166 valence electrons. The summed E-state index contributed by atoms with van der Waals surface area (Å²) in [6.45, 7) is 0.210. The summed E-state index contributed by atoms with van der Waals surface area (Å²) in [4.78, 5) is 35.7. The van der Waals surface area contributed by atoms with E-state index in [9.17, 15) is 37.3 Å². The normalized spacial score (nSPS) is 13.2. The molecule has 0 bridgehead atoms. The lowest BCUT2D eigenvalue weighted by Crippen LogP contribution is -2.38.